The molecule has 0 saturated heterocycles. The number of nitrogens with one attached hydrogen (secondary N) is 1. The Labute approximate surface area is 128 Å². The topological polar surface area (TPSA) is 71.4 Å². The molecule has 0 spiro atoms. The van der Waals surface area contributed by atoms with Crippen LogP contribution >= 0.6 is 11.8 Å². The largest absolute Gasteiger partial charge is 0.497 e. The number of carbonyl (C=O) groups excluding carboxylic acids is 1. The zero-order valence-electron chi connectivity index (χ0n) is 12.3. The van der Waals surface area contributed by atoms with E-state index in [1.165, 1.54) is 11.8 Å². The fourth-order valence-corrected chi connectivity index (χ4v) is 2.13. The summed E-state index contributed by atoms with van der Waals surface area (Å²) in [4.78, 5) is 11.7. The first kappa shape index (κ1) is 16.9. The van der Waals surface area contributed by atoms with Gasteiger partial charge in [0.15, 0.2) is 5.57 Å². The number of benzene rings is 1. The van der Waals surface area contributed by atoms with E-state index in [-0.39, 0.29) is 12.2 Å². The molecule has 0 fully saturated rings. The van der Waals surface area contributed by atoms with Crippen LogP contribution in [-0.2, 0) is 16.1 Å². The highest BCUT2D eigenvalue weighted by Crippen LogP contribution is 2.17. The number of hydrogen-bond acceptors (Lipinski definition) is 6. The van der Waals surface area contributed by atoms with Crippen molar-refractivity contribution in [3.05, 3.63) is 40.4 Å². The molecule has 21 heavy (non-hydrogen) atoms. The lowest BCUT2D eigenvalue weighted by Crippen LogP contribution is -2.17. The van der Waals surface area contributed by atoms with Crippen molar-refractivity contribution in [2.45, 2.75) is 13.5 Å². The smallest absolute Gasteiger partial charge is 0.351 e. The average molecular weight is 306 g/mol. The summed E-state index contributed by atoms with van der Waals surface area (Å²) in [6, 6.07) is 9.44. The van der Waals surface area contributed by atoms with Crippen molar-refractivity contribution in [3.8, 4) is 11.8 Å². The Bertz CT molecular complexity index is 547. The molecule has 0 amide bonds. The third kappa shape index (κ3) is 5.04. The molecule has 1 rings (SSSR count). The second kappa shape index (κ2) is 8.93. The molecule has 0 heterocycles. The van der Waals surface area contributed by atoms with Gasteiger partial charge in [-0.25, -0.2) is 4.79 Å². The van der Waals surface area contributed by atoms with Crippen molar-refractivity contribution in [2.24, 2.45) is 0 Å². The van der Waals surface area contributed by atoms with Crippen molar-refractivity contribution in [1.29, 1.82) is 5.26 Å². The maximum atomic E-state index is 11.7. The number of nitriles is 1. The van der Waals surface area contributed by atoms with Gasteiger partial charge in [-0.05, 0) is 30.9 Å². The molecule has 0 atom stereocenters. The van der Waals surface area contributed by atoms with Crippen molar-refractivity contribution < 1.29 is 14.3 Å². The maximum absolute atomic E-state index is 11.7. The molecule has 0 aliphatic rings. The van der Waals surface area contributed by atoms with Gasteiger partial charge in [0.1, 0.15) is 11.8 Å². The van der Waals surface area contributed by atoms with Crippen LogP contribution in [0.2, 0.25) is 0 Å². The number of esters is 1. The molecule has 0 saturated carbocycles. The van der Waals surface area contributed by atoms with E-state index in [4.69, 9.17) is 14.7 Å². The number of hydrogen-bond donors (Lipinski definition) is 1. The van der Waals surface area contributed by atoms with Crippen LogP contribution < -0.4 is 10.1 Å². The maximum Gasteiger partial charge on any atom is 0.351 e. The van der Waals surface area contributed by atoms with Crippen molar-refractivity contribution in [2.75, 3.05) is 20.0 Å². The molecule has 112 valence electrons. The van der Waals surface area contributed by atoms with Gasteiger partial charge < -0.3 is 14.8 Å². The van der Waals surface area contributed by atoms with Gasteiger partial charge in [0, 0.05) is 6.54 Å². The van der Waals surface area contributed by atoms with Gasteiger partial charge >= 0.3 is 5.97 Å². The first-order valence-corrected chi connectivity index (χ1v) is 7.61. The number of carbonyl (C=O) groups is 1. The molecule has 5 nitrogen and oxygen atoms in total. The lowest BCUT2D eigenvalue weighted by atomic mass is 10.2. The van der Waals surface area contributed by atoms with Crippen molar-refractivity contribution >= 4 is 17.7 Å². The monoisotopic (exact) mass is 306 g/mol. The summed E-state index contributed by atoms with van der Waals surface area (Å²) < 4.78 is 9.96. The van der Waals surface area contributed by atoms with Crippen LogP contribution in [0.5, 0.6) is 5.75 Å². The predicted molar refractivity (Wildman–Crippen MR) is 82.6 cm³/mol. The van der Waals surface area contributed by atoms with Crippen LogP contribution in [-0.4, -0.2) is 25.9 Å². The molecule has 1 aromatic carbocycles. The summed E-state index contributed by atoms with van der Waals surface area (Å²) in [5.74, 6) is 0.176. The standard InChI is InChI=1S/C15H18N2O3S/c1-4-20-15(18)13(9-16)14(21-3)17-10-11-5-7-12(19-2)8-6-11/h5-8,17H,4,10H2,1-3H3/b14-13-. The quantitative estimate of drug-likeness (QED) is 0.474. The van der Waals surface area contributed by atoms with Crippen LogP contribution in [0.3, 0.4) is 0 Å². The summed E-state index contributed by atoms with van der Waals surface area (Å²) in [5.41, 5.74) is 1.02. The SMILES string of the molecule is CCOC(=O)/C(C#N)=C(/NCc1ccc(OC)cc1)SC. The third-order valence-corrected chi connectivity index (χ3v) is 3.39. The Kier molecular flexibility index (Phi) is 7.19. The summed E-state index contributed by atoms with van der Waals surface area (Å²) >= 11 is 1.30. The zero-order chi connectivity index (χ0) is 15.7. The summed E-state index contributed by atoms with van der Waals surface area (Å²) in [5, 5.41) is 12.7. The van der Waals surface area contributed by atoms with Crippen LogP contribution in [0.4, 0.5) is 0 Å². The highest BCUT2D eigenvalue weighted by molar-refractivity contribution is 8.02. The van der Waals surface area contributed by atoms with Gasteiger partial charge in [0.25, 0.3) is 0 Å². The minimum atomic E-state index is -0.605. The lowest BCUT2D eigenvalue weighted by molar-refractivity contribution is -0.138. The van der Waals surface area contributed by atoms with Gasteiger partial charge in [-0.15, -0.1) is 11.8 Å². The molecule has 6 heteroatoms. The van der Waals surface area contributed by atoms with E-state index in [1.54, 1.807) is 20.3 Å². The molecule has 1 aromatic rings. The second-order valence-corrected chi connectivity index (χ2v) is 4.76. The average Bonchev–Trinajstić information content (AvgIpc) is 2.52. The van der Waals surface area contributed by atoms with E-state index in [1.807, 2.05) is 30.3 Å². The lowest BCUT2D eigenvalue weighted by Gasteiger charge is -2.11. The van der Waals surface area contributed by atoms with E-state index >= 15 is 0 Å². The fraction of sp³-hybridized carbons (Fsp3) is 0.333. The van der Waals surface area contributed by atoms with E-state index in [0.717, 1.165) is 11.3 Å². The van der Waals surface area contributed by atoms with E-state index in [0.29, 0.717) is 11.6 Å². The molecule has 0 unspecified atom stereocenters. The number of nitrogens with zero attached hydrogens (tertiary/aromatic N) is 1. The molecule has 0 bridgehead atoms. The molecule has 0 aliphatic carbocycles. The Balaban J connectivity index is 2.80. The number of rotatable bonds is 7. The Hall–Kier alpha value is -2.13. The zero-order valence-corrected chi connectivity index (χ0v) is 13.1. The van der Waals surface area contributed by atoms with Crippen LogP contribution in [0.25, 0.3) is 0 Å². The molecule has 0 aromatic heterocycles. The first-order chi connectivity index (χ1) is 10.2. The Morgan fingerprint density at radius 2 is 2.05 bits per heavy atom. The summed E-state index contributed by atoms with van der Waals surface area (Å²) in [7, 11) is 1.61. The normalized spacial score (nSPS) is 11.1. The van der Waals surface area contributed by atoms with E-state index in [9.17, 15) is 4.79 Å². The second-order valence-electron chi connectivity index (χ2n) is 3.94. The predicted octanol–water partition coefficient (Wildman–Crippen LogP) is 2.45. The molecule has 0 radical (unpaired) electrons. The van der Waals surface area contributed by atoms with Crippen molar-refractivity contribution in [1.82, 2.24) is 5.32 Å². The minimum Gasteiger partial charge on any atom is -0.497 e. The first-order valence-electron chi connectivity index (χ1n) is 6.38. The highest BCUT2D eigenvalue weighted by Gasteiger charge is 2.16. The van der Waals surface area contributed by atoms with Crippen molar-refractivity contribution in [3.63, 3.8) is 0 Å². The van der Waals surface area contributed by atoms with Crippen LogP contribution in [0, 0.1) is 11.3 Å². The van der Waals surface area contributed by atoms with E-state index in [2.05, 4.69) is 5.32 Å². The van der Waals surface area contributed by atoms with Gasteiger partial charge in [0.05, 0.1) is 18.7 Å². The van der Waals surface area contributed by atoms with Gasteiger partial charge in [-0.1, -0.05) is 12.1 Å². The Morgan fingerprint density at radius 1 is 1.38 bits per heavy atom. The molecule has 1 N–H and O–H groups in total. The summed E-state index contributed by atoms with van der Waals surface area (Å²) in [6.07, 6.45) is 1.80. The highest BCUT2D eigenvalue weighted by atomic mass is 32.2. The molecular formula is C15H18N2O3S. The third-order valence-electron chi connectivity index (χ3n) is 2.63. The van der Waals surface area contributed by atoms with Gasteiger partial charge in [0.2, 0.25) is 0 Å². The van der Waals surface area contributed by atoms with Gasteiger partial charge in [-0.2, -0.15) is 5.26 Å². The molecular weight excluding hydrogens is 288 g/mol. The Morgan fingerprint density at radius 3 is 2.52 bits per heavy atom. The number of ether oxygens (including phenoxy) is 2. The number of thioether (sulfide) groups is 1. The van der Waals surface area contributed by atoms with Gasteiger partial charge in [-0.3, -0.25) is 0 Å². The van der Waals surface area contributed by atoms with Crippen LogP contribution in [0.15, 0.2) is 34.9 Å². The van der Waals surface area contributed by atoms with E-state index < -0.39 is 5.97 Å². The fourth-order valence-electron chi connectivity index (χ4n) is 1.58. The van der Waals surface area contributed by atoms with Crippen LogP contribution in [0.1, 0.15) is 12.5 Å². The minimum absolute atomic E-state index is 0.00198. The summed E-state index contributed by atoms with van der Waals surface area (Å²) in [6.45, 7) is 2.45. The number of methoxy groups -OCH3 is 1. The molecule has 0 aliphatic heterocycles.